The molecule has 1 aliphatic heterocycles. The second-order valence-corrected chi connectivity index (χ2v) is 5.13. The summed E-state index contributed by atoms with van der Waals surface area (Å²) in [6.07, 6.45) is 1.80. The molecule has 0 atom stereocenters. The van der Waals surface area contributed by atoms with Gasteiger partial charge in [0.05, 0.1) is 12.4 Å². The van der Waals surface area contributed by atoms with Crippen LogP contribution in [0.1, 0.15) is 0 Å². The lowest BCUT2D eigenvalue weighted by molar-refractivity contribution is -0.115. The summed E-state index contributed by atoms with van der Waals surface area (Å²) in [6, 6.07) is 0. The monoisotopic (exact) mass is 195 g/mol. The molecule has 4 nitrogen and oxygen atoms in total. The average Bonchev–Trinajstić information content (AvgIpc) is 2.07. The predicted molar refractivity (Wildman–Crippen MR) is 43.9 cm³/mol. The zero-order chi connectivity index (χ0) is 8.48. The Morgan fingerprint density at radius 3 is 2.64 bits per heavy atom. The lowest BCUT2D eigenvalue weighted by atomic mass is 10.5. The Hall–Kier alpha value is -0.0700. The quantitative estimate of drug-likeness (QED) is 0.597. The Labute approximate surface area is 70.0 Å². The van der Waals surface area contributed by atoms with Crippen LogP contribution in [-0.4, -0.2) is 42.9 Å². The minimum Gasteiger partial charge on any atom is -0.297 e. The zero-order valence-corrected chi connectivity index (χ0v) is 7.74. The number of sulfonamides is 1. The third-order valence-electron chi connectivity index (χ3n) is 1.36. The Bertz CT molecular complexity index is 259. The smallest absolute Gasteiger partial charge is 0.222 e. The van der Waals surface area contributed by atoms with Crippen LogP contribution in [0.25, 0.3) is 0 Å². The van der Waals surface area contributed by atoms with E-state index in [9.17, 15) is 13.2 Å². The second kappa shape index (κ2) is 3.12. The lowest BCUT2D eigenvalue weighted by Gasteiger charge is -2.09. The highest BCUT2D eigenvalue weighted by atomic mass is 32.2. The fourth-order valence-electron chi connectivity index (χ4n) is 0.905. The summed E-state index contributed by atoms with van der Waals surface area (Å²) < 4.78 is 23.3. The van der Waals surface area contributed by atoms with Gasteiger partial charge in [-0.2, -0.15) is 4.31 Å². The fourth-order valence-corrected chi connectivity index (χ4v) is 3.26. The second-order valence-electron chi connectivity index (χ2n) is 2.32. The number of carbonyl (C=O) groups is 1. The van der Waals surface area contributed by atoms with Gasteiger partial charge >= 0.3 is 0 Å². The number of thioether (sulfide) groups is 1. The molecule has 0 amide bonds. The van der Waals surface area contributed by atoms with Gasteiger partial charge in [-0.1, -0.05) is 0 Å². The van der Waals surface area contributed by atoms with Gasteiger partial charge in [0.15, 0.2) is 5.78 Å². The van der Waals surface area contributed by atoms with Crippen LogP contribution in [0.2, 0.25) is 0 Å². The molecule has 0 aromatic heterocycles. The molecule has 1 rings (SSSR count). The Morgan fingerprint density at radius 1 is 1.64 bits per heavy atom. The molecule has 1 heterocycles. The van der Waals surface area contributed by atoms with Crippen molar-refractivity contribution in [2.24, 2.45) is 0 Å². The van der Waals surface area contributed by atoms with Gasteiger partial charge in [0.1, 0.15) is 5.75 Å². The van der Waals surface area contributed by atoms with Crippen molar-refractivity contribution in [3.8, 4) is 0 Å². The SMILES string of the molecule is CSCN1CC(=O)CS1(=O)=O. The minimum absolute atomic E-state index is 0.0587. The molecule has 0 aliphatic carbocycles. The van der Waals surface area contributed by atoms with Crippen LogP contribution in [0.15, 0.2) is 0 Å². The van der Waals surface area contributed by atoms with Gasteiger partial charge in [-0.05, 0) is 6.26 Å². The molecule has 11 heavy (non-hydrogen) atoms. The summed E-state index contributed by atoms with van der Waals surface area (Å²) >= 11 is 1.40. The number of ketones is 1. The normalized spacial score (nSPS) is 24.3. The van der Waals surface area contributed by atoms with Crippen molar-refractivity contribution >= 4 is 27.6 Å². The highest BCUT2D eigenvalue weighted by Gasteiger charge is 2.33. The van der Waals surface area contributed by atoms with E-state index < -0.39 is 10.0 Å². The van der Waals surface area contributed by atoms with E-state index in [4.69, 9.17) is 0 Å². The van der Waals surface area contributed by atoms with Crippen molar-refractivity contribution < 1.29 is 13.2 Å². The van der Waals surface area contributed by atoms with E-state index >= 15 is 0 Å². The summed E-state index contributed by atoms with van der Waals surface area (Å²) in [4.78, 5) is 10.7. The summed E-state index contributed by atoms with van der Waals surface area (Å²) in [5, 5.41) is 0. The van der Waals surface area contributed by atoms with E-state index in [-0.39, 0.29) is 18.1 Å². The first-order chi connectivity index (χ1) is 5.06. The maximum Gasteiger partial charge on any atom is 0.222 e. The number of carbonyl (C=O) groups excluding carboxylic acids is 1. The van der Waals surface area contributed by atoms with Crippen molar-refractivity contribution in [1.82, 2.24) is 4.31 Å². The van der Waals surface area contributed by atoms with Crippen molar-refractivity contribution in [3.63, 3.8) is 0 Å². The Kier molecular flexibility index (Phi) is 2.56. The largest absolute Gasteiger partial charge is 0.297 e. The first kappa shape index (κ1) is 9.02. The molecule has 0 aromatic carbocycles. The van der Waals surface area contributed by atoms with Crippen LogP contribution >= 0.6 is 11.8 Å². The van der Waals surface area contributed by atoms with E-state index in [1.165, 1.54) is 16.1 Å². The minimum atomic E-state index is -3.24. The molecule has 0 spiro atoms. The standard InChI is InChI=1S/C5H9NO3S2/c1-10-4-6-2-5(7)3-11(6,8)9/h2-4H2,1H3. The third-order valence-corrected chi connectivity index (χ3v) is 3.83. The molecular formula is C5H9NO3S2. The van der Waals surface area contributed by atoms with Crippen LogP contribution in [0.5, 0.6) is 0 Å². The molecule has 6 heteroatoms. The number of nitrogens with zero attached hydrogens (tertiary/aromatic N) is 1. The number of rotatable bonds is 2. The van der Waals surface area contributed by atoms with E-state index in [1.54, 1.807) is 6.26 Å². The van der Waals surface area contributed by atoms with Gasteiger partial charge in [0, 0.05) is 0 Å². The van der Waals surface area contributed by atoms with E-state index in [0.29, 0.717) is 5.88 Å². The van der Waals surface area contributed by atoms with E-state index in [1.807, 2.05) is 0 Å². The molecule has 0 N–H and O–H groups in total. The van der Waals surface area contributed by atoms with Crippen LogP contribution in [0.4, 0.5) is 0 Å². The maximum absolute atomic E-state index is 11.1. The molecule has 0 unspecified atom stereocenters. The van der Waals surface area contributed by atoms with Crippen molar-refractivity contribution in [2.75, 3.05) is 24.4 Å². The van der Waals surface area contributed by atoms with Gasteiger partial charge in [-0.25, -0.2) is 8.42 Å². The van der Waals surface area contributed by atoms with Gasteiger partial charge in [-0.15, -0.1) is 11.8 Å². The number of Topliss-reactive ketones (excluding diaryl/α,β-unsaturated/α-hetero) is 1. The average molecular weight is 195 g/mol. The van der Waals surface area contributed by atoms with Gasteiger partial charge in [0.2, 0.25) is 10.0 Å². The molecule has 1 saturated heterocycles. The van der Waals surface area contributed by atoms with Crippen molar-refractivity contribution in [2.45, 2.75) is 0 Å². The van der Waals surface area contributed by atoms with E-state index in [0.717, 1.165) is 0 Å². The van der Waals surface area contributed by atoms with Crippen LogP contribution in [0.3, 0.4) is 0 Å². The molecule has 0 radical (unpaired) electrons. The molecule has 1 aliphatic rings. The summed E-state index contributed by atoms with van der Waals surface area (Å²) in [6.45, 7) is 0.0587. The fraction of sp³-hybridized carbons (Fsp3) is 0.800. The van der Waals surface area contributed by atoms with Crippen molar-refractivity contribution in [1.29, 1.82) is 0 Å². The van der Waals surface area contributed by atoms with Gasteiger partial charge in [0.25, 0.3) is 0 Å². The van der Waals surface area contributed by atoms with Crippen LogP contribution in [0, 0.1) is 0 Å². The Morgan fingerprint density at radius 2 is 2.27 bits per heavy atom. The summed E-state index contributed by atoms with van der Waals surface area (Å²) in [5.74, 6) is -0.138. The summed E-state index contributed by atoms with van der Waals surface area (Å²) in [5.41, 5.74) is 0. The number of hydrogen-bond donors (Lipinski definition) is 0. The molecular weight excluding hydrogens is 186 g/mol. The topological polar surface area (TPSA) is 54.5 Å². The highest BCUT2D eigenvalue weighted by Crippen LogP contribution is 2.13. The first-order valence-electron chi connectivity index (χ1n) is 3.05. The van der Waals surface area contributed by atoms with Gasteiger partial charge in [-0.3, -0.25) is 4.79 Å². The van der Waals surface area contributed by atoms with Gasteiger partial charge < -0.3 is 0 Å². The molecule has 0 saturated carbocycles. The Balaban J connectivity index is 2.74. The van der Waals surface area contributed by atoms with Crippen LogP contribution in [-0.2, 0) is 14.8 Å². The predicted octanol–water partition coefficient (Wildman–Crippen LogP) is -0.479. The first-order valence-corrected chi connectivity index (χ1v) is 6.05. The lowest BCUT2D eigenvalue weighted by Crippen LogP contribution is -2.25. The molecule has 0 bridgehead atoms. The summed E-state index contributed by atoms with van der Waals surface area (Å²) in [7, 11) is -3.24. The highest BCUT2D eigenvalue weighted by molar-refractivity contribution is 7.99. The van der Waals surface area contributed by atoms with E-state index in [2.05, 4.69) is 0 Å². The van der Waals surface area contributed by atoms with Crippen LogP contribution < -0.4 is 0 Å². The third kappa shape index (κ3) is 1.94. The zero-order valence-electron chi connectivity index (χ0n) is 6.11. The molecule has 0 aromatic rings. The molecule has 1 fully saturated rings. The molecule has 64 valence electrons. The maximum atomic E-state index is 11.1. The van der Waals surface area contributed by atoms with Crippen molar-refractivity contribution in [3.05, 3.63) is 0 Å². The number of hydrogen-bond acceptors (Lipinski definition) is 4.